The molecule has 1 unspecified atom stereocenters. The average Bonchev–Trinajstić information content (AvgIpc) is 2.37. The Labute approximate surface area is 113 Å². The van der Waals surface area contributed by atoms with Crippen molar-refractivity contribution in [1.82, 2.24) is 10.2 Å². The van der Waals surface area contributed by atoms with Gasteiger partial charge in [0.05, 0.1) is 5.50 Å². The first kappa shape index (κ1) is 13.2. The predicted octanol–water partition coefficient (Wildman–Crippen LogP) is 2.74. The zero-order chi connectivity index (χ0) is 12.1. The van der Waals surface area contributed by atoms with E-state index in [-0.39, 0.29) is 5.50 Å². The summed E-state index contributed by atoms with van der Waals surface area (Å²) in [5, 5.41) is 4.13. The van der Waals surface area contributed by atoms with Crippen LogP contribution in [-0.4, -0.2) is 36.6 Å². The highest BCUT2D eigenvalue weighted by Gasteiger charge is 2.17. The van der Waals surface area contributed by atoms with Gasteiger partial charge in [0.25, 0.3) is 0 Å². The van der Waals surface area contributed by atoms with Crippen LogP contribution in [0.3, 0.4) is 0 Å². The maximum atomic E-state index is 6.41. The fourth-order valence-corrected chi connectivity index (χ4v) is 2.64. The number of alkyl halides is 1. The average molecular weight is 273 g/mol. The van der Waals surface area contributed by atoms with Crippen molar-refractivity contribution in [3.8, 4) is 0 Å². The van der Waals surface area contributed by atoms with Crippen molar-refractivity contribution in [2.75, 3.05) is 26.2 Å². The van der Waals surface area contributed by atoms with Crippen molar-refractivity contribution >= 4 is 23.2 Å². The van der Waals surface area contributed by atoms with Crippen LogP contribution in [0, 0.1) is 0 Å². The Morgan fingerprint density at radius 2 is 2.06 bits per heavy atom. The molecule has 0 saturated carbocycles. The standard InChI is InChI=1S/C13H18Cl2N2/c14-12-3-1-2-11(10-12)4-5-13(15)17-8-6-16-7-9-17/h1-3,10,13,16H,4-9H2. The van der Waals surface area contributed by atoms with Crippen molar-refractivity contribution in [3.05, 3.63) is 34.9 Å². The first-order valence-corrected chi connectivity index (χ1v) is 6.90. The summed E-state index contributed by atoms with van der Waals surface area (Å²) in [6.45, 7) is 4.17. The van der Waals surface area contributed by atoms with Crippen LogP contribution >= 0.6 is 23.2 Å². The molecule has 0 bridgehead atoms. The Morgan fingerprint density at radius 1 is 1.29 bits per heavy atom. The van der Waals surface area contributed by atoms with Gasteiger partial charge < -0.3 is 5.32 Å². The highest BCUT2D eigenvalue weighted by Crippen LogP contribution is 2.16. The lowest BCUT2D eigenvalue weighted by Crippen LogP contribution is -2.46. The van der Waals surface area contributed by atoms with Crippen molar-refractivity contribution in [2.45, 2.75) is 18.3 Å². The van der Waals surface area contributed by atoms with E-state index in [2.05, 4.69) is 16.3 Å². The summed E-state index contributed by atoms with van der Waals surface area (Å²) in [5.41, 5.74) is 1.40. The van der Waals surface area contributed by atoms with Gasteiger partial charge in [0.2, 0.25) is 0 Å². The van der Waals surface area contributed by atoms with E-state index in [0.29, 0.717) is 0 Å². The number of nitrogens with zero attached hydrogens (tertiary/aromatic N) is 1. The molecule has 0 aliphatic carbocycles. The molecule has 4 heteroatoms. The van der Waals surface area contributed by atoms with Gasteiger partial charge in [0.1, 0.15) is 0 Å². The molecular formula is C13H18Cl2N2. The molecule has 1 aromatic rings. The zero-order valence-corrected chi connectivity index (χ0v) is 11.3. The van der Waals surface area contributed by atoms with Crippen molar-refractivity contribution in [1.29, 1.82) is 0 Å². The van der Waals surface area contributed by atoms with Gasteiger partial charge in [-0.1, -0.05) is 23.7 Å². The molecule has 1 atom stereocenters. The molecule has 0 radical (unpaired) electrons. The second-order valence-corrected chi connectivity index (χ2v) is 5.33. The second kappa shape index (κ2) is 6.60. The SMILES string of the molecule is Clc1cccc(CCC(Cl)N2CCNCC2)c1. The molecule has 2 nitrogen and oxygen atoms in total. The molecule has 1 fully saturated rings. The molecule has 2 rings (SSSR count). The first-order chi connectivity index (χ1) is 8.25. The number of halogens is 2. The minimum Gasteiger partial charge on any atom is -0.314 e. The van der Waals surface area contributed by atoms with Gasteiger partial charge in [-0.15, -0.1) is 11.6 Å². The molecule has 0 amide bonds. The third-order valence-electron chi connectivity index (χ3n) is 3.11. The fraction of sp³-hybridized carbons (Fsp3) is 0.538. The van der Waals surface area contributed by atoms with Gasteiger partial charge in [0, 0.05) is 31.2 Å². The lowest BCUT2D eigenvalue weighted by atomic mass is 10.1. The molecule has 0 aromatic heterocycles. The van der Waals surface area contributed by atoms with Crippen LogP contribution in [0.2, 0.25) is 5.02 Å². The van der Waals surface area contributed by atoms with Crippen LogP contribution in [-0.2, 0) is 6.42 Å². The largest absolute Gasteiger partial charge is 0.314 e. The Morgan fingerprint density at radius 3 is 2.76 bits per heavy atom. The number of nitrogens with one attached hydrogen (secondary N) is 1. The lowest BCUT2D eigenvalue weighted by Gasteiger charge is -2.31. The number of hydrogen-bond donors (Lipinski definition) is 1. The van der Waals surface area contributed by atoms with E-state index in [1.165, 1.54) is 5.56 Å². The molecule has 0 spiro atoms. The van der Waals surface area contributed by atoms with E-state index in [1.54, 1.807) is 0 Å². The van der Waals surface area contributed by atoms with Gasteiger partial charge >= 0.3 is 0 Å². The predicted molar refractivity (Wildman–Crippen MR) is 73.9 cm³/mol. The van der Waals surface area contributed by atoms with Gasteiger partial charge in [-0.3, -0.25) is 4.90 Å². The minimum absolute atomic E-state index is 0.135. The van der Waals surface area contributed by atoms with Crippen LogP contribution in [0.25, 0.3) is 0 Å². The fourth-order valence-electron chi connectivity index (χ4n) is 2.12. The maximum Gasteiger partial charge on any atom is 0.0854 e. The Bertz CT molecular complexity index is 351. The normalized spacial score (nSPS) is 19.2. The molecule has 1 aliphatic heterocycles. The number of rotatable bonds is 4. The summed E-state index contributed by atoms with van der Waals surface area (Å²) in [7, 11) is 0. The number of benzene rings is 1. The first-order valence-electron chi connectivity index (χ1n) is 6.09. The van der Waals surface area contributed by atoms with Gasteiger partial charge in [-0.2, -0.15) is 0 Å². The topological polar surface area (TPSA) is 15.3 Å². The molecule has 94 valence electrons. The van der Waals surface area contributed by atoms with Crippen LogP contribution < -0.4 is 5.32 Å². The monoisotopic (exact) mass is 272 g/mol. The quantitative estimate of drug-likeness (QED) is 0.670. The van der Waals surface area contributed by atoms with Crippen LogP contribution in [0.15, 0.2) is 24.3 Å². The summed E-state index contributed by atoms with van der Waals surface area (Å²) in [6, 6.07) is 8.02. The van der Waals surface area contributed by atoms with Crippen LogP contribution in [0.1, 0.15) is 12.0 Å². The van der Waals surface area contributed by atoms with Gasteiger partial charge in [-0.05, 0) is 30.5 Å². The van der Waals surface area contributed by atoms with Gasteiger partial charge in [-0.25, -0.2) is 0 Å². The number of aryl methyl sites for hydroxylation is 1. The number of piperazine rings is 1. The highest BCUT2D eigenvalue weighted by molar-refractivity contribution is 6.30. The summed E-state index contributed by atoms with van der Waals surface area (Å²) in [5.74, 6) is 0. The third-order valence-corrected chi connectivity index (χ3v) is 3.84. The Kier molecular flexibility index (Phi) is 5.11. The number of hydrogen-bond acceptors (Lipinski definition) is 2. The molecular weight excluding hydrogens is 255 g/mol. The van der Waals surface area contributed by atoms with E-state index in [4.69, 9.17) is 23.2 Å². The van der Waals surface area contributed by atoms with Crippen LogP contribution in [0.5, 0.6) is 0 Å². The molecule has 1 heterocycles. The Balaban J connectivity index is 1.80. The molecule has 1 N–H and O–H groups in total. The van der Waals surface area contributed by atoms with Crippen LogP contribution in [0.4, 0.5) is 0 Å². The smallest absolute Gasteiger partial charge is 0.0854 e. The summed E-state index contributed by atoms with van der Waals surface area (Å²) >= 11 is 12.4. The van der Waals surface area contributed by atoms with Crippen molar-refractivity contribution in [3.63, 3.8) is 0 Å². The summed E-state index contributed by atoms with van der Waals surface area (Å²) in [6.07, 6.45) is 1.96. The molecule has 1 aliphatic rings. The third kappa shape index (κ3) is 4.14. The van der Waals surface area contributed by atoms with E-state index < -0.39 is 0 Å². The van der Waals surface area contributed by atoms with E-state index >= 15 is 0 Å². The molecule has 17 heavy (non-hydrogen) atoms. The summed E-state index contributed by atoms with van der Waals surface area (Å²) in [4.78, 5) is 2.34. The lowest BCUT2D eigenvalue weighted by molar-refractivity contribution is 0.214. The van der Waals surface area contributed by atoms with Crippen molar-refractivity contribution < 1.29 is 0 Å². The highest BCUT2D eigenvalue weighted by atomic mass is 35.5. The minimum atomic E-state index is 0.135. The van der Waals surface area contributed by atoms with E-state index in [0.717, 1.165) is 44.0 Å². The molecule has 1 saturated heterocycles. The maximum absolute atomic E-state index is 6.41. The van der Waals surface area contributed by atoms with Gasteiger partial charge in [0.15, 0.2) is 0 Å². The van der Waals surface area contributed by atoms with E-state index in [9.17, 15) is 0 Å². The Hall–Kier alpha value is -0.280. The van der Waals surface area contributed by atoms with E-state index in [1.807, 2.05) is 18.2 Å². The zero-order valence-electron chi connectivity index (χ0n) is 9.83. The molecule has 1 aromatic carbocycles. The van der Waals surface area contributed by atoms with Crippen molar-refractivity contribution in [2.24, 2.45) is 0 Å². The summed E-state index contributed by atoms with van der Waals surface area (Å²) < 4.78 is 0. The second-order valence-electron chi connectivity index (χ2n) is 4.39.